The number of rotatable bonds is 4. The Morgan fingerprint density at radius 2 is 1.18 bits per heavy atom. The first-order chi connectivity index (χ1) is 33.7. The lowest BCUT2D eigenvalue weighted by Crippen LogP contribution is -2.09. The minimum atomic E-state index is 0.375. The van der Waals surface area contributed by atoms with Crippen LogP contribution in [0.1, 0.15) is 5.56 Å². The Morgan fingerprint density at radius 3 is 1.94 bits per heavy atom. The molecule has 0 atom stereocenters. The van der Waals surface area contributed by atoms with Crippen molar-refractivity contribution in [3.63, 3.8) is 0 Å². The second-order valence-corrected chi connectivity index (χ2v) is 18.6. The molecule has 0 bridgehead atoms. The van der Waals surface area contributed by atoms with E-state index >= 15 is 0 Å². The molecule has 0 saturated carbocycles. The third-order valence-corrected chi connectivity index (χ3v) is 15.4. The molecule has 5 heterocycles. The average Bonchev–Trinajstić information content (AvgIpc) is 4.15. The quantitative estimate of drug-likeness (QED) is 0.131. The fourth-order valence-corrected chi connectivity index (χ4v) is 12.7. The molecule has 0 unspecified atom stereocenters. The number of nitriles is 1. The molecule has 0 saturated heterocycles. The van der Waals surface area contributed by atoms with Gasteiger partial charge in [-0.15, -0.1) is 11.3 Å². The highest BCUT2D eigenvalue weighted by molar-refractivity contribution is 7.26. The van der Waals surface area contributed by atoms with Gasteiger partial charge in [0.25, 0.3) is 0 Å². The summed E-state index contributed by atoms with van der Waals surface area (Å²) in [5, 5.41) is 25.1. The van der Waals surface area contributed by atoms with E-state index < -0.39 is 0 Å². The first-order valence-electron chi connectivity index (χ1n) is 22.5. The van der Waals surface area contributed by atoms with Crippen LogP contribution < -0.4 is 0 Å². The van der Waals surface area contributed by atoms with Gasteiger partial charge in [-0.25, -0.2) is 9.83 Å². The summed E-state index contributed by atoms with van der Waals surface area (Å²) in [6.45, 7) is 9.32. The van der Waals surface area contributed by atoms with E-state index in [1.165, 1.54) is 10.1 Å². The van der Waals surface area contributed by atoms with Crippen LogP contribution in [0.3, 0.4) is 0 Å². The molecule has 312 valence electrons. The van der Waals surface area contributed by atoms with E-state index in [4.69, 9.17) is 9.40 Å². The molecule has 6 nitrogen and oxygen atoms in total. The van der Waals surface area contributed by atoms with Gasteiger partial charge in [0.05, 0.1) is 44.8 Å². The van der Waals surface area contributed by atoms with E-state index in [2.05, 4.69) is 135 Å². The van der Waals surface area contributed by atoms with E-state index in [0.717, 1.165) is 114 Å². The monoisotopic (exact) mass is 881 g/mol. The SMILES string of the molecule is [C-]#[N+]c1c(-c2ccccc2)c(C#N)c(-n2c3cc4c(cc3c3ccc5c6ccccc6sc5c32)oc2ccccc24)c(-c2ccccc2)c1-n1c2cccc3c4ccccc4c4ccnc1c4c32. The maximum absolute atomic E-state index is 12.1. The maximum atomic E-state index is 12.1. The van der Waals surface area contributed by atoms with Gasteiger partial charge in [0, 0.05) is 65.1 Å². The minimum Gasteiger partial charge on any atom is -0.456 e. The molecule has 5 aromatic heterocycles. The van der Waals surface area contributed by atoms with Gasteiger partial charge in [-0.2, -0.15) is 5.26 Å². The second kappa shape index (κ2) is 13.6. The van der Waals surface area contributed by atoms with Crippen LogP contribution in [0.15, 0.2) is 193 Å². The van der Waals surface area contributed by atoms with E-state index in [1.54, 1.807) is 11.3 Å². The van der Waals surface area contributed by atoms with Crippen LogP contribution in [0.25, 0.3) is 146 Å². The molecule has 0 spiro atoms. The number of pyridine rings is 1. The number of aromatic nitrogens is 3. The highest BCUT2D eigenvalue weighted by Crippen LogP contribution is 2.54. The van der Waals surface area contributed by atoms with E-state index in [9.17, 15) is 11.8 Å². The first-order valence-corrected chi connectivity index (χ1v) is 23.4. The Balaban J connectivity index is 1.25. The molecule has 0 amide bonds. The number of fused-ring (bicyclic) bond motifs is 13. The largest absolute Gasteiger partial charge is 0.456 e. The average molecular weight is 882 g/mol. The number of hydrogen-bond donors (Lipinski definition) is 0. The smallest absolute Gasteiger partial charge is 0.220 e. The molecule has 0 radical (unpaired) electrons. The van der Waals surface area contributed by atoms with Crippen molar-refractivity contribution in [2.75, 3.05) is 0 Å². The van der Waals surface area contributed by atoms with Crippen LogP contribution in [0.2, 0.25) is 0 Å². The number of furan rings is 1. The van der Waals surface area contributed by atoms with Crippen molar-refractivity contribution in [1.82, 2.24) is 14.1 Å². The first kappa shape index (κ1) is 37.0. The van der Waals surface area contributed by atoms with Gasteiger partial charge < -0.3 is 13.6 Å². The summed E-state index contributed by atoms with van der Waals surface area (Å²) in [5.74, 6) is 0. The van der Waals surface area contributed by atoms with Crippen LogP contribution in [0.4, 0.5) is 5.69 Å². The fourth-order valence-electron chi connectivity index (χ4n) is 11.5. The van der Waals surface area contributed by atoms with Crippen molar-refractivity contribution in [2.24, 2.45) is 0 Å². The predicted molar refractivity (Wildman–Crippen MR) is 281 cm³/mol. The van der Waals surface area contributed by atoms with Crippen molar-refractivity contribution in [1.29, 1.82) is 5.26 Å². The molecule has 15 rings (SSSR count). The Bertz CT molecular complexity index is 4660. The Labute approximate surface area is 391 Å². The summed E-state index contributed by atoms with van der Waals surface area (Å²) in [6.07, 6.45) is 1.89. The zero-order valence-corrected chi connectivity index (χ0v) is 36.8. The molecule has 0 fully saturated rings. The van der Waals surface area contributed by atoms with Crippen LogP contribution >= 0.6 is 11.3 Å². The van der Waals surface area contributed by atoms with Crippen molar-refractivity contribution >= 4 is 124 Å². The van der Waals surface area contributed by atoms with Gasteiger partial charge in [-0.1, -0.05) is 146 Å². The predicted octanol–water partition coefficient (Wildman–Crippen LogP) is 17.0. The molecule has 0 aliphatic rings. The summed E-state index contributed by atoms with van der Waals surface area (Å²) < 4.78 is 13.5. The topological polar surface area (TPSA) is 64.0 Å². The van der Waals surface area contributed by atoms with E-state index in [1.807, 2.05) is 72.9 Å². The normalized spacial score (nSPS) is 12.1. The van der Waals surface area contributed by atoms with Crippen LogP contribution in [0, 0.1) is 17.9 Å². The van der Waals surface area contributed by atoms with Gasteiger partial charge >= 0.3 is 0 Å². The maximum Gasteiger partial charge on any atom is 0.220 e. The van der Waals surface area contributed by atoms with Crippen LogP contribution in [0.5, 0.6) is 0 Å². The van der Waals surface area contributed by atoms with Gasteiger partial charge in [-0.3, -0.25) is 0 Å². The van der Waals surface area contributed by atoms with Crippen LogP contribution in [-0.4, -0.2) is 14.1 Å². The molecular weight excluding hydrogens is 851 g/mol. The number of thiophene rings is 1. The highest BCUT2D eigenvalue weighted by Gasteiger charge is 2.33. The fraction of sp³-hybridized carbons (Fsp3) is 0. The molecule has 0 N–H and O–H groups in total. The summed E-state index contributed by atoms with van der Waals surface area (Å²) in [7, 11) is 0. The van der Waals surface area contributed by atoms with Gasteiger partial charge in [-0.05, 0) is 69.1 Å². The number of para-hydroxylation sites is 1. The van der Waals surface area contributed by atoms with Crippen molar-refractivity contribution in [3.05, 3.63) is 205 Å². The molecule has 0 aliphatic carbocycles. The zero-order valence-electron chi connectivity index (χ0n) is 36.0. The van der Waals surface area contributed by atoms with Gasteiger partial charge in [0.1, 0.15) is 22.9 Å². The lowest BCUT2D eigenvalue weighted by Gasteiger charge is -2.25. The molecule has 0 aliphatic heterocycles. The molecular formula is C61H31N5OS. The van der Waals surface area contributed by atoms with Crippen LogP contribution in [-0.2, 0) is 0 Å². The van der Waals surface area contributed by atoms with E-state index in [0.29, 0.717) is 28.2 Å². The Morgan fingerprint density at radius 1 is 0.515 bits per heavy atom. The highest BCUT2D eigenvalue weighted by atomic mass is 32.1. The van der Waals surface area contributed by atoms with Crippen molar-refractivity contribution < 1.29 is 4.42 Å². The molecule has 68 heavy (non-hydrogen) atoms. The Kier molecular flexibility index (Phi) is 7.42. The zero-order chi connectivity index (χ0) is 44.8. The summed E-state index contributed by atoms with van der Waals surface area (Å²) in [4.78, 5) is 9.79. The number of nitrogens with zero attached hydrogens (tertiary/aromatic N) is 5. The van der Waals surface area contributed by atoms with Gasteiger partial charge in [0.2, 0.25) is 5.69 Å². The summed E-state index contributed by atoms with van der Waals surface area (Å²) in [5.41, 5.74) is 10.3. The third-order valence-electron chi connectivity index (χ3n) is 14.2. The molecule has 7 heteroatoms. The third kappa shape index (κ3) is 4.74. The van der Waals surface area contributed by atoms with Crippen molar-refractivity contribution in [2.45, 2.75) is 0 Å². The number of benzene rings is 10. The summed E-state index contributed by atoms with van der Waals surface area (Å²) >= 11 is 1.77. The van der Waals surface area contributed by atoms with Crippen molar-refractivity contribution in [3.8, 4) is 39.7 Å². The van der Waals surface area contributed by atoms with E-state index in [-0.39, 0.29) is 0 Å². The number of hydrogen-bond acceptors (Lipinski definition) is 4. The molecule has 10 aromatic carbocycles. The second-order valence-electron chi connectivity index (χ2n) is 17.5. The lowest BCUT2D eigenvalue weighted by atomic mass is 9.88. The Hall–Kier alpha value is -9.27. The minimum absolute atomic E-state index is 0.375. The van der Waals surface area contributed by atoms with Gasteiger partial charge in [0.15, 0.2) is 0 Å². The summed E-state index contributed by atoms with van der Waals surface area (Å²) in [6, 6.07) is 65.9. The lowest BCUT2D eigenvalue weighted by molar-refractivity contribution is 0.669. The standard InChI is InChI=1S/C61H31N5OS/c1-63-56-52(34-15-4-2-5-16-34)46(33-62)57(53(35-17-6-3-7-18-35)59(56)66-47-24-14-23-40-36-19-8-9-20-37(36)41-29-30-64-61(66)55(41)54(40)47)65-48-31-45-38-21-10-12-25-49(38)67-50(45)32-44(48)42-27-28-43-39-22-11-13-26-51(39)68-60(43)58(42)65/h2-32H. The molecule has 15 aromatic rings.